The van der Waals surface area contributed by atoms with Gasteiger partial charge in [0.1, 0.15) is 5.75 Å². The van der Waals surface area contributed by atoms with E-state index in [-0.39, 0.29) is 28.3 Å². The highest BCUT2D eigenvalue weighted by molar-refractivity contribution is 7.89. The number of hydrogen-bond donors (Lipinski definition) is 0. The average Bonchev–Trinajstić information content (AvgIpc) is 2.62. The van der Waals surface area contributed by atoms with Crippen LogP contribution in [0.4, 0.5) is 0 Å². The van der Waals surface area contributed by atoms with Crippen LogP contribution in [0.25, 0.3) is 0 Å². The topological polar surface area (TPSA) is 66.9 Å². The van der Waals surface area contributed by atoms with Crippen molar-refractivity contribution in [2.45, 2.75) is 31.6 Å². The van der Waals surface area contributed by atoms with Gasteiger partial charge < -0.3 is 9.64 Å². The highest BCUT2D eigenvalue weighted by atomic mass is 35.5. The molecule has 1 fully saturated rings. The van der Waals surface area contributed by atoms with Crippen LogP contribution in [-0.4, -0.2) is 56.8 Å². The average molecular weight is 389 g/mol. The molecule has 140 valence electrons. The number of piperidine rings is 1. The van der Waals surface area contributed by atoms with Gasteiger partial charge in [0, 0.05) is 26.2 Å². The molecule has 0 aliphatic carbocycles. The van der Waals surface area contributed by atoms with Crippen LogP contribution in [0, 0.1) is 5.92 Å². The lowest BCUT2D eigenvalue weighted by atomic mass is 9.98. The van der Waals surface area contributed by atoms with Gasteiger partial charge in [0.25, 0.3) is 0 Å². The van der Waals surface area contributed by atoms with E-state index in [1.807, 2.05) is 13.8 Å². The minimum Gasteiger partial charge on any atom is -0.495 e. The predicted molar refractivity (Wildman–Crippen MR) is 97.4 cm³/mol. The Labute approximate surface area is 154 Å². The molecule has 0 radical (unpaired) electrons. The van der Waals surface area contributed by atoms with Crippen molar-refractivity contribution < 1.29 is 17.9 Å². The summed E-state index contributed by atoms with van der Waals surface area (Å²) in [7, 11) is -2.22. The number of rotatable bonds is 6. The molecule has 1 saturated heterocycles. The SMILES string of the molecule is CCN(CC)C(=O)C1CCCN(S(=O)(=O)c2ccc(OC)c(Cl)c2)C1. The van der Waals surface area contributed by atoms with Crippen molar-refractivity contribution in [3.63, 3.8) is 0 Å². The first-order valence-electron chi connectivity index (χ1n) is 8.47. The second kappa shape index (κ2) is 8.38. The molecular weight excluding hydrogens is 364 g/mol. The number of carbonyl (C=O) groups is 1. The van der Waals surface area contributed by atoms with Gasteiger partial charge in [0.15, 0.2) is 0 Å². The highest BCUT2D eigenvalue weighted by Gasteiger charge is 2.34. The Hall–Kier alpha value is -1.31. The Morgan fingerprint density at radius 3 is 2.60 bits per heavy atom. The van der Waals surface area contributed by atoms with E-state index in [2.05, 4.69) is 0 Å². The fraction of sp³-hybridized carbons (Fsp3) is 0.588. The Bertz CT molecular complexity index is 719. The first kappa shape index (κ1) is 20.0. The number of hydrogen-bond acceptors (Lipinski definition) is 4. The van der Waals surface area contributed by atoms with Gasteiger partial charge in [-0.3, -0.25) is 4.79 Å². The summed E-state index contributed by atoms with van der Waals surface area (Å²) in [4.78, 5) is 14.4. The third-order valence-electron chi connectivity index (χ3n) is 4.57. The molecule has 1 aromatic carbocycles. The molecule has 1 unspecified atom stereocenters. The van der Waals surface area contributed by atoms with Crippen molar-refractivity contribution >= 4 is 27.5 Å². The fourth-order valence-electron chi connectivity index (χ4n) is 3.11. The smallest absolute Gasteiger partial charge is 0.243 e. The Morgan fingerprint density at radius 2 is 2.04 bits per heavy atom. The first-order valence-corrected chi connectivity index (χ1v) is 10.3. The van der Waals surface area contributed by atoms with Gasteiger partial charge in [-0.1, -0.05) is 11.6 Å². The van der Waals surface area contributed by atoms with Crippen LogP contribution < -0.4 is 4.74 Å². The second-order valence-electron chi connectivity index (χ2n) is 6.01. The molecule has 0 spiro atoms. The summed E-state index contributed by atoms with van der Waals surface area (Å²) in [6, 6.07) is 4.42. The third-order valence-corrected chi connectivity index (χ3v) is 6.73. The minimum absolute atomic E-state index is 0.0256. The predicted octanol–water partition coefficient (Wildman–Crippen LogP) is 2.62. The van der Waals surface area contributed by atoms with Gasteiger partial charge in [0.2, 0.25) is 15.9 Å². The maximum absolute atomic E-state index is 12.9. The van der Waals surface area contributed by atoms with Gasteiger partial charge in [-0.05, 0) is 44.9 Å². The summed E-state index contributed by atoms with van der Waals surface area (Å²) in [5.74, 6) is 0.156. The number of halogens is 1. The molecule has 0 aromatic heterocycles. The fourth-order valence-corrected chi connectivity index (χ4v) is 4.99. The molecule has 1 heterocycles. The lowest BCUT2D eigenvalue weighted by Crippen LogP contribution is -2.46. The number of benzene rings is 1. The van der Waals surface area contributed by atoms with Crippen molar-refractivity contribution in [1.82, 2.24) is 9.21 Å². The van der Waals surface area contributed by atoms with Crippen LogP contribution in [0.3, 0.4) is 0 Å². The third kappa shape index (κ3) is 4.27. The van der Waals surface area contributed by atoms with Gasteiger partial charge in [-0.25, -0.2) is 8.42 Å². The number of amides is 1. The number of sulfonamides is 1. The van der Waals surface area contributed by atoms with Crippen LogP contribution in [0.2, 0.25) is 5.02 Å². The molecule has 1 atom stereocenters. The van der Waals surface area contributed by atoms with Gasteiger partial charge >= 0.3 is 0 Å². The summed E-state index contributed by atoms with van der Waals surface area (Å²) in [6.45, 7) is 5.74. The van der Waals surface area contributed by atoms with E-state index in [0.717, 1.165) is 0 Å². The first-order chi connectivity index (χ1) is 11.8. The lowest BCUT2D eigenvalue weighted by molar-refractivity contribution is -0.136. The number of methoxy groups -OCH3 is 1. The molecule has 2 rings (SSSR count). The summed E-state index contributed by atoms with van der Waals surface area (Å²) in [6.07, 6.45) is 1.38. The van der Waals surface area contributed by atoms with E-state index in [0.29, 0.717) is 38.2 Å². The molecule has 6 nitrogen and oxygen atoms in total. The number of nitrogens with zero attached hydrogens (tertiary/aromatic N) is 2. The zero-order valence-corrected chi connectivity index (χ0v) is 16.4. The van der Waals surface area contributed by atoms with Crippen LogP contribution in [0.5, 0.6) is 5.75 Å². The van der Waals surface area contributed by atoms with Crippen LogP contribution in [0.1, 0.15) is 26.7 Å². The largest absolute Gasteiger partial charge is 0.495 e. The lowest BCUT2D eigenvalue weighted by Gasteiger charge is -2.33. The molecule has 0 saturated carbocycles. The standard InChI is InChI=1S/C17H25ClN2O4S/c1-4-19(5-2)17(21)13-7-6-10-20(12-13)25(22,23)14-8-9-16(24-3)15(18)11-14/h8-9,11,13H,4-7,10,12H2,1-3H3. The normalized spacial score (nSPS) is 18.8. The van der Waals surface area contributed by atoms with Crippen molar-refractivity contribution in [1.29, 1.82) is 0 Å². The summed E-state index contributed by atoms with van der Waals surface area (Å²) < 4.78 is 32.3. The quantitative estimate of drug-likeness (QED) is 0.751. The molecule has 1 aromatic rings. The monoisotopic (exact) mass is 388 g/mol. The summed E-state index contributed by atoms with van der Waals surface area (Å²) >= 11 is 6.06. The molecular formula is C17H25ClN2O4S. The maximum Gasteiger partial charge on any atom is 0.243 e. The zero-order chi connectivity index (χ0) is 18.6. The molecule has 0 bridgehead atoms. The van der Waals surface area contributed by atoms with Crippen LogP contribution >= 0.6 is 11.6 Å². The minimum atomic E-state index is -3.69. The molecule has 1 amide bonds. The van der Waals surface area contributed by atoms with Crippen molar-refractivity contribution in [2.24, 2.45) is 5.92 Å². The Balaban J connectivity index is 2.22. The van der Waals surface area contributed by atoms with E-state index in [4.69, 9.17) is 16.3 Å². The van der Waals surface area contributed by atoms with E-state index >= 15 is 0 Å². The maximum atomic E-state index is 12.9. The molecule has 1 aliphatic rings. The van der Waals surface area contributed by atoms with Crippen molar-refractivity contribution in [2.75, 3.05) is 33.3 Å². The van der Waals surface area contributed by atoms with E-state index in [9.17, 15) is 13.2 Å². The van der Waals surface area contributed by atoms with Gasteiger partial charge in [-0.2, -0.15) is 4.31 Å². The van der Waals surface area contributed by atoms with E-state index in [1.54, 1.807) is 4.90 Å². The zero-order valence-electron chi connectivity index (χ0n) is 14.9. The highest BCUT2D eigenvalue weighted by Crippen LogP contribution is 2.30. The van der Waals surface area contributed by atoms with Gasteiger partial charge in [0.05, 0.1) is 22.9 Å². The Kier molecular flexibility index (Phi) is 6.71. The summed E-state index contributed by atoms with van der Waals surface area (Å²) in [5, 5.41) is 0.247. The number of ether oxygens (including phenoxy) is 1. The van der Waals surface area contributed by atoms with Crippen molar-refractivity contribution in [3.8, 4) is 5.75 Å². The summed E-state index contributed by atoms with van der Waals surface area (Å²) in [5.41, 5.74) is 0. The molecule has 0 N–H and O–H groups in total. The number of carbonyl (C=O) groups excluding carboxylic acids is 1. The van der Waals surface area contributed by atoms with Crippen molar-refractivity contribution in [3.05, 3.63) is 23.2 Å². The molecule has 25 heavy (non-hydrogen) atoms. The molecule has 8 heteroatoms. The van der Waals surface area contributed by atoms with E-state index < -0.39 is 10.0 Å². The van der Waals surface area contributed by atoms with Gasteiger partial charge in [-0.15, -0.1) is 0 Å². The molecule has 1 aliphatic heterocycles. The van der Waals surface area contributed by atoms with Crippen LogP contribution in [0.15, 0.2) is 23.1 Å². The second-order valence-corrected chi connectivity index (χ2v) is 8.35. The van der Waals surface area contributed by atoms with E-state index in [1.165, 1.54) is 29.6 Å². The van der Waals surface area contributed by atoms with Crippen LogP contribution in [-0.2, 0) is 14.8 Å². The Morgan fingerprint density at radius 1 is 1.36 bits per heavy atom.